The van der Waals surface area contributed by atoms with Crippen LogP contribution in [0.3, 0.4) is 0 Å². The van der Waals surface area contributed by atoms with E-state index in [1.807, 2.05) is 20.8 Å². The monoisotopic (exact) mass is 352 g/mol. The molecule has 140 valence electrons. The number of rotatable bonds is 6. The van der Waals surface area contributed by atoms with Gasteiger partial charge < -0.3 is 20.1 Å². The van der Waals surface area contributed by atoms with Gasteiger partial charge in [-0.3, -0.25) is 14.4 Å². The van der Waals surface area contributed by atoms with Crippen molar-refractivity contribution in [2.45, 2.75) is 27.7 Å². The lowest BCUT2D eigenvalue weighted by Gasteiger charge is -2.16. The summed E-state index contributed by atoms with van der Waals surface area (Å²) < 4.78 is 10.7. The third-order valence-corrected chi connectivity index (χ3v) is 3.03. The van der Waals surface area contributed by atoms with Crippen molar-refractivity contribution < 1.29 is 23.9 Å². The van der Waals surface area contributed by atoms with Gasteiger partial charge >= 0.3 is 0 Å². The molecule has 0 radical (unpaired) electrons. The Morgan fingerprint density at radius 3 is 1.60 bits per heavy atom. The van der Waals surface area contributed by atoms with Gasteiger partial charge in [-0.1, -0.05) is 20.8 Å². The van der Waals surface area contributed by atoms with E-state index in [0.29, 0.717) is 11.5 Å². The van der Waals surface area contributed by atoms with Crippen molar-refractivity contribution in [1.82, 2.24) is 10.6 Å². The maximum Gasteiger partial charge on any atom is 0.257 e. The smallest absolute Gasteiger partial charge is 0.257 e. The Hall–Kier alpha value is -2.57. The summed E-state index contributed by atoms with van der Waals surface area (Å²) >= 11 is 0. The van der Waals surface area contributed by atoms with E-state index in [-0.39, 0.29) is 30.8 Å². The minimum Gasteiger partial charge on any atom is -0.486 e. The Bertz CT molecular complexity index is 562. The molecular weight excluding hydrogens is 324 g/mol. The fourth-order valence-corrected chi connectivity index (χ4v) is 1.22. The molecule has 7 nitrogen and oxygen atoms in total. The van der Waals surface area contributed by atoms with E-state index in [2.05, 4.69) is 10.6 Å². The number of Topliss-reactive ketones (excluding diaryl/α,β-unsaturated/α-hetero) is 1. The zero-order chi connectivity index (χ0) is 19.5. The lowest BCUT2D eigenvalue weighted by atomic mass is 9.91. The fourth-order valence-electron chi connectivity index (χ4n) is 1.22. The number of likely N-dealkylation sites (N-methyl/N-ethyl adjacent to an activating group) is 1. The number of hydrogen-bond donors (Lipinski definition) is 2. The molecule has 1 rings (SSSR count). The first-order valence-corrected chi connectivity index (χ1v) is 7.88. The lowest BCUT2D eigenvalue weighted by molar-refractivity contribution is -0.128. The molecule has 2 N–H and O–H groups in total. The van der Waals surface area contributed by atoms with E-state index in [0.717, 1.165) is 0 Å². The Morgan fingerprint density at radius 2 is 1.28 bits per heavy atom. The van der Waals surface area contributed by atoms with Crippen LogP contribution in [0.2, 0.25) is 0 Å². The quantitative estimate of drug-likeness (QED) is 0.810. The molecule has 0 heterocycles. The van der Waals surface area contributed by atoms with Crippen LogP contribution < -0.4 is 20.1 Å². The number of hydrogen-bond acceptors (Lipinski definition) is 5. The van der Waals surface area contributed by atoms with Crippen molar-refractivity contribution >= 4 is 17.6 Å². The van der Waals surface area contributed by atoms with Gasteiger partial charge in [-0.15, -0.1) is 0 Å². The highest BCUT2D eigenvalue weighted by atomic mass is 16.5. The van der Waals surface area contributed by atoms with Crippen molar-refractivity contribution in [3.63, 3.8) is 0 Å². The molecule has 2 amide bonds. The summed E-state index contributed by atoms with van der Waals surface area (Å²) in [6.07, 6.45) is 0. The van der Waals surface area contributed by atoms with E-state index in [9.17, 15) is 14.4 Å². The molecule has 1 aromatic carbocycles. The predicted octanol–water partition coefficient (Wildman–Crippen LogP) is 1.56. The Labute approximate surface area is 149 Å². The van der Waals surface area contributed by atoms with E-state index >= 15 is 0 Å². The van der Waals surface area contributed by atoms with Crippen LogP contribution >= 0.6 is 0 Å². The van der Waals surface area contributed by atoms with Gasteiger partial charge in [0.05, 0.1) is 0 Å². The summed E-state index contributed by atoms with van der Waals surface area (Å²) in [6, 6.07) is 6.80. The number of amides is 2. The van der Waals surface area contributed by atoms with E-state index in [1.165, 1.54) is 6.92 Å². The first kappa shape index (κ1) is 22.4. The molecule has 0 aliphatic carbocycles. The fraction of sp³-hybridized carbons (Fsp3) is 0.500. The molecule has 0 bridgehead atoms. The van der Waals surface area contributed by atoms with Gasteiger partial charge in [0.1, 0.15) is 18.1 Å². The van der Waals surface area contributed by atoms with E-state index in [1.54, 1.807) is 38.4 Å². The highest BCUT2D eigenvalue weighted by molar-refractivity contribution is 5.85. The molecule has 0 saturated heterocycles. The molecule has 0 aliphatic heterocycles. The zero-order valence-electron chi connectivity index (χ0n) is 15.8. The Morgan fingerprint density at radius 1 is 0.880 bits per heavy atom. The van der Waals surface area contributed by atoms with Crippen LogP contribution in [0.15, 0.2) is 24.3 Å². The molecule has 0 unspecified atom stereocenters. The third kappa shape index (κ3) is 10.8. The number of benzene rings is 1. The highest BCUT2D eigenvalue weighted by Gasteiger charge is 2.21. The van der Waals surface area contributed by atoms with Crippen LogP contribution in [0.5, 0.6) is 11.5 Å². The zero-order valence-corrected chi connectivity index (χ0v) is 15.8. The summed E-state index contributed by atoms with van der Waals surface area (Å²) in [4.78, 5) is 32.4. The van der Waals surface area contributed by atoms with Crippen LogP contribution in [0.4, 0.5) is 0 Å². The van der Waals surface area contributed by atoms with Crippen LogP contribution in [-0.2, 0) is 14.4 Å². The number of carbonyl (C=O) groups is 3. The second kappa shape index (κ2) is 11.1. The van der Waals surface area contributed by atoms with Gasteiger partial charge in [0, 0.05) is 26.4 Å². The van der Waals surface area contributed by atoms with Crippen LogP contribution in [0, 0.1) is 5.41 Å². The minimum absolute atomic E-state index is 0.00463. The number of carbonyl (C=O) groups excluding carboxylic acids is 3. The summed E-state index contributed by atoms with van der Waals surface area (Å²) in [5.41, 5.74) is -0.406. The van der Waals surface area contributed by atoms with Crippen molar-refractivity contribution in [2.75, 3.05) is 27.3 Å². The largest absolute Gasteiger partial charge is 0.486 e. The van der Waals surface area contributed by atoms with Gasteiger partial charge in [-0.25, -0.2) is 0 Å². The summed E-state index contributed by atoms with van der Waals surface area (Å²) in [6.45, 7) is 7.05. The Kier molecular flexibility index (Phi) is 9.93. The van der Waals surface area contributed by atoms with Gasteiger partial charge in [-0.05, 0) is 24.3 Å². The molecule has 0 aromatic heterocycles. The average molecular weight is 352 g/mol. The molecule has 0 atom stereocenters. The van der Waals surface area contributed by atoms with Crippen LogP contribution in [0.25, 0.3) is 0 Å². The number of ether oxygens (including phenoxy) is 2. The van der Waals surface area contributed by atoms with Crippen molar-refractivity contribution in [2.24, 2.45) is 5.41 Å². The lowest BCUT2D eigenvalue weighted by Crippen LogP contribution is -2.26. The summed E-state index contributed by atoms with van der Waals surface area (Å²) in [7, 11) is 3.15. The summed E-state index contributed by atoms with van der Waals surface area (Å²) in [5, 5.41) is 4.86. The molecule has 1 aromatic rings. The van der Waals surface area contributed by atoms with Crippen LogP contribution in [-0.4, -0.2) is 44.9 Å². The topological polar surface area (TPSA) is 93.7 Å². The second-order valence-electron chi connectivity index (χ2n) is 6.20. The van der Waals surface area contributed by atoms with Crippen molar-refractivity contribution in [1.29, 1.82) is 0 Å². The molecule has 0 saturated carbocycles. The second-order valence-corrected chi connectivity index (χ2v) is 6.20. The number of nitrogens with one attached hydrogen (secondary N) is 2. The minimum atomic E-state index is -0.406. The first-order chi connectivity index (χ1) is 11.6. The van der Waals surface area contributed by atoms with Gasteiger partial charge in [0.25, 0.3) is 5.91 Å². The SMILES string of the molecule is CNC(=O)COc1ccc(OCC(=O)C(C)(C)C)cc1.CNC(C)=O. The average Bonchev–Trinajstić information content (AvgIpc) is 2.57. The molecule has 7 heteroatoms. The third-order valence-electron chi connectivity index (χ3n) is 3.03. The van der Waals surface area contributed by atoms with Gasteiger partial charge in [0.2, 0.25) is 5.91 Å². The number of ketones is 1. The molecule has 0 aliphatic rings. The summed E-state index contributed by atoms with van der Waals surface area (Å²) in [5.74, 6) is 1.02. The predicted molar refractivity (Wildman–Crippen MR) is 95.7 cm³/mol. The van der Waals surface area contributed by atoms with Crippen LogP contribution in [0.1, 0.15) is 27.7 Å². The maximum atomic E-state index is 11.7. The molecule has 0 spiro atoms. The molecular formula is C18H28N2O5. The molecule has 0 fully saturated rings. The maximum absolute atomic E-state index is 11.7. The van der Waals surface area contributed by atoms with Gasteiger partial charge in [-0.2, -0.15) is 0 Å². The standard InChI is InChI=1S/C15H21NO4.C3H7NO/c1-15(2,3)13(17)9-19-11-5-7-12(8-6-11)20-10-14(18)16-4;1-3(5)4-2/h5-8H,9-10H2,1-4H3,(H,16,18);1-2H3,(H,4,5). The van der Waals surface area contributed by atoms with E-state index < -0.39 is 5.41 Å². The Balaban J connectivity index is 0.00000101. The highest BCUT2D eigenvalue weighted by Crippen LogP contribution is 2.19. The first-order valence-electron chi connectivity index (χ1n) is 7.88. The van der Waals surface area contributed by atoms with Crippen molar-refractivity contribution in [3.8, 4) is 11.5 Å². The van der Waals surface area contributed by atoms with Gasteiger partial charge in [0.15, 0.2) is 12.4 Å². The van der Waals surface area contributed by atoms with Crippen molar-refractivity contribution in [3.05, 3.63) is 24.3 Å². The normalized spacial score (nSPS) is 10.0. The molecule has 25 heavy (non-hydrogen) atoms. The van der Waals surface area contributed by atoms with E-state index in [4.69, 9.17) is 9.47 Å².